The molecule has 1 aliphatic rings. The number of benzene rings is 1. The van der Waals surface area contributed by atoms with E-state index >= 15 is 0 Å². The molecule has 1 aromatic carbocycles. The molecule has 5 rings (SSSR count). The van der Waals surface area contributed by atoms with E-state index in [1.54, 1.807) is 36.3 Å². The van der Waals surface area contributed by atoms with Crippen LogP contribution in [0.2, 0.25) is 0 Å². The third-order valence-corrected chi connectivity index (χ3v) is 6.09. The summed E-state index contributed by atoms with van der Waals surface area (Å²) in [4.78, 5) is 17.4. The standard InChI is InChI=1S/C22H25N7O2.ClH/c1-23-15-4-6-16(7-5-15)29-13-14-10-17(20(31-2)11-18(14)27-29)22(30)26-19-12-25-28-9-3-8-24-21(19)28;/h3,8-13,15-16,23H,4-7H2,1-2H3,(H,26,30);1H. The van der Waals surface area contributed by atoms with Crippen LogP contribution in [0, 0.1) is 0 Å². The SMILES string of the molecule is CNC1CCC(n2cc3cc(C(=O)Nc4cnn5cccnc45)c(OC)cc3n2)CC1.Cl. The minimum Gasteiger partial charge on any atom is -0.496 e. The number of amides is 1. The molecular weight excluding hydrogens is 430 g/mol. The van der Waals surface area contributed by atoms with Crippen LogP contribution >= 0.6 is 12.4 Å². The minimum absolute atomic E-state index is 0. The molecule has 0 aliphatic heterocycles. The number of nitrogens with one attached hydrogen (secondary N) is 2. The van der Waals surface area contributed by atoms with Crippen LogP contribution in [0.5, 0.6) is 5.75 Å². The number of nitrogens with zero attached hydrogens (tertiary/aromatic N) is 5. The highest BCUT2D eigenvalue weighted by atomic mass is 35.5. The largest absolute Gasteiger partial charge is 0.496 e. The van der Waals surface area contributed by atoms with Gasteiger partial charge in [-0.1, -0.05) is 0 Å². The summed E-state index contributed by atoms with van der Waals surface area (Å²) < 4.78 is 9.17. The van der Waals surface area contributed by atoms with Crippen LogP contribution in [-0.4, -0.2) is 50.5 Å². The van der Waals surface area contributed by atoms with Crippen LogP contribution in [0.1, 0.15) is 42.1 Å². The van der Waals surface area contributed by atoms with Gasteiger partial charge in [0, 0.05) is 36.1 Å². The molecule has 2 N–H and O–H groups in total. The van der Waals surface area contributed by atoms with Crippen LogP contribution in [0.25, 0.3) is 16.6 Å². The second-order valence-corrected chi connectivity index (χ2v) is 7.91. The first-order valence-corrected chi connectivity index (χ1v) is 10.5. The topological polar surface area (TPSA) is 98.4 Å². The summed E-state index contributed by atoms with van der Waals surface area (Å²) in [6.45, 7) is 0. The first kappa shape index (κ1) is 22.0. The number of carbonyl (C=O) groups excluding carboxylic acids is 1. The summed E-state index contributed by atoms with van der Waals surface area (Å²) in [6.07, 6.45) is 11.5. The Bertz CT molecular complexity index is 1240. The van der Waals surface area contributed by atoms with Gasteiger partial charge in [-0.2, -0.15) is 10.2 Å². The van der Waals surface area contributed by atoms with Crippen molar-refractivity contribution in [3.8, 4) is 5.75 Å². The number of methoxy groups -OCH3 is 1. The molecule has 9 nitrogen and oxygen atoms in total. The number of aromatic nitrogens is 5. The fraction of sp³-hybridized carbons (Fsp3) is 0.364. The Kier molecular flexibility index (Phi) is 6.29. The molecule has 0 atom stereocenters. The first-order chi connectivity index (χ1) is 15.2. The van der Waals surface area contributed by atoms with Crippen molar-refractivity contribution in [2.45, 2.75) is 37.8 Å². The fourth-order valence-electron chi connectivity index (χ4n) is 4.34. The molecule has 0 bridgehead atoms. The van der Waals surface area contributed by atoms with E-state index < -0.39 is 0 Å². The van der Waals surface area contributed by atoms with Gasteiger partial charge in [-0.3, -0.25) is 9.48 Å². The lowest BCUT2D eigenvalue weighted by atomic mass is 9.91. The van der Waals surface area contributed by atoms with Crippen molar-refractivity contribution in [1.82, 2.24) is 29.7 Å². The zero-order valence-corrected chi connectivity index (χ0v) is 18.8. The van der Waals surface area contributed by atoms with E-state index in [0.717, 1.165) is 36.6 Å². The Hall–Kier alpha value is -3.17. The second kappa shape index (κ2) is 9.13. The highest BCUT2D eigenvalue weighted by Crippen LogP contribution is 2.31. The molecule has 32 heavy (non-hydrogen) atoms. The minimum atomic E-state index is -0.276. The van der Waals surface area contributed by atoms with Crippen molar-refractivity contribution < 1.29 is 9.53 Å². The summed E-state index contributed by atoms with van der Waals surface area (Å²) in [5, 5.41) is 16.2. The van der Waals surface area contributed by atoms with Gasteiger partial charge in [0.1, 0.15) is 11.4 Å². The summed E-state index contributed by atoms with van der Waals surface area (Å²) in [5.74, 6) is 0.208. The van der Waals surface area contributed by atoms with Gasteiger partial charge in [0.2, 0.25) is 0 Å². The van der Waals surface area contributed by atoms with Gasteiger partial charge in [-0.25, -0.2) is 9.50 Å². The Morgan fingerprint density at radius 3 is 2.78 bits per heavy atom. The molecule has 1 saturated carbocycles. The van der Waals surface area contributed by atoms with Gasteiger partial charge in [-0.05, 0) is 44.9 Å². The molecule has 4 aromatic rings. The first-order valence-electron chi connectivity index (χ1n) is 10.5. The normalized spacial score (nSPS) is 18.4. The number of anilines is 1. The van der Waals surface area contributed by atoms with Crippen molar-refractivity contribution in [2.75, 3.05) is 19.5 Å². The van der Waals surface area contributed by atoms with Crippen LogP contribution < -0.4 is 15.4 Å². The van der Waals surface area contributed by atoms with Crippen LogP contribution in [-0.2, 0) is 0 Å². The smallest absolute Gasteiger partial charge is 0.259 e. The molecule has 1 amide bonds. The quantitative estimate of drug-likeness (QED) is 0.478. The summed E-state index contributed by atoms with van der Waals surface area (Å²) >= 11 is 0. The Labute approximate surface area is 191 Å². The molecule has 3 aromatic heterocycles. The van der Waals surface area contributed by atoms with Gasteiger partial charge in [0.05, 0.1) is 30.4 Å². The van der Waals surface area contributed by atoms with Crippen molar-refractivity contribution in [2.24, 2.45) is 0 Å². The Balaban J connectivity index is 0.00000245. The molecule has 168 valence electrons. The number of fused-ring (bicyclic) bond motifs is 2. The van der Waals surface area contributed by atoms with E-state index in [2.05, 4.69) is 20.7 Å². The average molecular weight is 456 g/mol. The number of rotatable bonds is 5. The molecule has 3 heterocycles. The summed E-state index contributed by atoms with van der Waals surface area (Å²) in [7, 11) is 3.58. The average Bonchev–Trinajstić information content (AvgIpc) is 3.42. The predicted octanol–water partition coefficient (Wildman–Crippen LogP) is 3.46. The van der Waals surface area contributed by atoms with Crippen molar-refractivity contribution in [3.05, 3.63) is 48.5 Å². The predicted molar refractivity (Wildman–Crippen MR) is 125 cm³/mol. The van der Waals surface area contributed by atoms with Crippen LogP contribution in [0.3, 0.4) is 0 Å². The number of ether oxygens (including phenoxy) is 1. The van der Waals surface area contributed by atoms with E-state index in [0.29, 0.717) is 34.7 Å². The zero-order valence-electron chi connectivity index (χ0n) is 18.0. The lowest BCUT2D eigenvalue weighted by molar-refractivity contribution is 0.102. The molecule has 1 fully saturated rings. The number of hydrogen-bond donors (Lipinski definition) is 2. The summed E-state index contributed by atoms with van der Waals surface area (Å²) in [5.41, 5.74) is 2.40. The highest BCUT2D eigenvalue weighted by molar-refractivity contribution is 6.09. The van der Waals surface area contributed by atoms with Crippen molar-refractivity contribution >= 4 is 40.6 Å². The second-order valence-electron chi connectivity index (χ2n) is 7.91. The van der Waals surface area contributed by atoms with Gasteiger partial charge in [0.25, 0.3) is 5.91 Å². The van der Waals surface area contributed by atoms with Crippen LogP contribution in [0.4, 0.5) is 5.69 Å². The van der Waals surface area contributed by atoms with E-state index in [1.807, 2.05) is 30.1 Å². The molecular formula is C22H26ClN7O2. The van der Waals surface area contributed by atoms with Gasteiger partial charge in [-0.15, -0.1) is 12.4 Å². The summed E-state index contributed by atoms with van der Waals surface area (Å²) in [6, 6.07) is 6.42. The molecule has 0 saturated heterocycles. The van der Waals surface area contributed by atoms with Crippen molar-refractivity contribution in [3.63, 3.8) is 0 Å². The molecule has 10 heteroatoms. The number of halogens is 1. The van der Waals surface area contributed by atoms with Gasteiger partial charge < -0.3 is 15.4 Å². The molecule has 0 spiro atoms. The fourth-order valence-corrected chi connectivity index (χ4v) is 4.34. The molecule has 0 radical (unpaired) electrons. The maximum atomic E-state index is 13.1. The lowest BCUT2D eigenvalue weighted by Gasteiger charge is -2.28. The zero-order chi connectivity index (χ0) is 21.4. The van der Waals surface area contributed by atoms with Crippen LogP contribution in [0.15, 0.2) is 43.0 Å². The molecule has 0 unspecified atom stereocenters. The maximum absolute atomic E-state index is 13.1. The third kappa shape index (κ3) is 4.01. The van der Waals surface area contributed by atoms with Gasteiger partial charge in [0.15, 0.2) is 5.65 Å². The highest BCUT2D eigenvalue weighted by Gasteiger charge is 2.23. The van der Waals surface area contributed by atoms with E-state index in [1.165, 1.54) is 0 Å². The van der Waals surface area contributed by atoms with Gasteiger partial charge >= 0.3 is 0 Å². The van der Waals surface area contributed by atoms with E-state index in [-0.39, 0.29) is 18.3 Å². The van der Waals surface area contributed by atoms with E-state index in [4.69, 9.17) is 9.84 Å². The van der Waals surface area contributed by atoms with Crippen molar-refractivity contribution in [1.29, 1.82) is 0 Å². The molecule has 1 aliphatic carbocycles. The Morgan fingerprint density at radius 1 is 1.22 bits per heavy atom. The maximum Gasteiger partial charge on any atom is 0.259 e. The lowest BCUT2D eigenvalue weighted by Crippen LogP contribution is -2.31. The van der Waals surface area contributed by atoms with E-state index in [9.17, 15) is 4.79 Å². The number of carbonyl (C=O) groups is 1. The number of hydrogen-bond acceptors (Lipinski definition) is 6. The Morgan fingerprint density at radius 2 is 2.03 bits per heavy atom. The monoisotopic (exact) mass is 455 g/mol. The third-order valence-electron chi connectivity index (χ3n) is 6.09.